The van der Waals surface area contributed by atoms with Gasteiger partial charge in [0.15, 0.2) is 0 Å². The molecule has 1 aromatic rings. The summed E-state index contributed by atoms with van der Waals surface area (Å²) in [5.74, 6) is -0.143. The molecule has 1 aliphatic rings. The second-order valence-corrected chi connectivity index (χ2v) is 5.16. The van der Waals surface area contributed by atoms with E-state index in [0.717, 1.165) is 11.4 Å². The van der Waals surface area contributed by atoms with Gasteiger partial charge in [0.05, 0.1) is 11.6 Å². The van der Waals surface area contributed by atoms with Crippen LogP contribution in [0.3, 0.4) is 0 Å². The minimum absolute atomic E-state index is 0. The van der Waals surface area contributed by atoms with E-state index in [1.54, 1.807) is 17.8 Å². The molecule has 7 heteroatoms. The zero-order chi connectivity index (χ0) is 13.0. The van der Waals surface area contributed by atoms with Crippen molar-refractivity contribution in [2.24, 2.45) is 0 Å². The summed E-state index contributed by atoms with van der Waals surface area (Å²) in [6.45, 7) is 1.89. The van der Waals surface area contributed by atoms with Crippen LogP contribution >= 0.6 is 35.8 Å². The topological polar surface area (TPSA) is 50.4 Å². The molecule has 1 fully saturated rings. The molecule has 1 amide bonds. The zero-order valence-corrected chi connectivity index (χ0v) is 12.8. The second-order valence-electron chi connectivity index (χ2n) is 3.90. The van der Waals surface area contributed by atoms with Gasteiger partial charge in [-0.2, -0.15) is 0 Å². The molecular weight excluding hydrogens is 307 g/mol. The highest BCUT2D eigenvalue weighted by Crippen LogP contribution is 2.28. The fraction of sp³-hybridized carbons (Fsp3) is 0.417. The zero-order valence-electron chi connectivity index (χ0n) is 10.4. The number of carbonyl (C=O) groups is 1. The average molecular weight is 323 g/mol. The van der Waals surface area contributed by atoms with Crippen LogP contribution in [0.2, 0.25) is 5.02 Å². The van der Waals surface area contributed by atoms with Crippen molar-refractivity contribution in [3.05, 3.63) is 23.2 Å². The number of hydrogen-bond donors (Lipinski definition) is 2. The van der Waals surface area contributed by atoms with Gasteiger partial charge in [0.1, 0.15) is 6.10 Å². The third-order valence-electron chi connectivity index (χ3n) is 2.64. The molecule has 0 saturated carbocycles. The van der Waals surface area contributed by atoms with Gasteiger partial charge in [-0.15, -0.1) is 24.2 Å². The highest BCUT2D eigenvalue weighted by Gasteiger charge is 2.21. The Morgan fingerprint density at radius 3 is 2.95 bits per heavy atom. The van der Waals surface area contributed by atoms with E-state index in [-0.39, 0.29) is 18.3 Å². The summed E-state index contributed by atoms with van der Waals surface area (Å²) in [7, 11) is 0. The van der Waals surface area contributed by atoms with Crippen molar-refractivity contribution < 1.29 is 9.53 Å². The number of amides is 1. The molecule has 2 N–H and O–H groups in total. The van der Waals surface area contributed by atoms with Crippen LogP contribution in [0.5, 0.6) is 0 Å². The van der Waals surface area contributed by atoms with E-state index in [1.165, 1.54) is 0 Å². The molecule has 1 saturated heterocycles. The molecule has 0 aromatic heterocycles. The molecule has 1 heterocycles. The van der Waals surface area contributed by atoms with E-state index < -0.39 is 6.10 Å². The maximum Gasteiger partial charge on any atom is 0.254 e. The van der Waals surface area contributed by atoms with Crippen LogP contribution in [0.4, 0.5) is 5.69 Å². The fourth-order valence-corrected chi connectivity index (χ4v) is 2.57. The van der Waals surface area contributed by atoms with Crippen LogP contribution in [0.15, 0.2) is 23.1 Å². The Morgan fingerprint density at radius 1 is 1.58 bits per heavy atom. The Balaban J connectivity index is 0.00000180. The monoisotopic (exact) mass is 322 g/mol. The summed E-state index contributed by atoms with van der Waals surface area (Å²) in [4.78, 5) is 12.9. The number of carbonyl (C=O) groups excluding carboxylic acids is 1. The van der Waals surface area contributed by atoms with Crippen molar-refractivity contribution in [2.45, 2.75) is 11.0 Å². The molecule has 0 bridgehead atoms. The third-order valence-corrected chi connectivity index (χ3v) is 3.86. The Hall–Kier alpha value is -0.460. The maximum absolute atomic E-state index is 11.9. The molecule has 0 radical (unpaired) electrons. The lowest BCUT2D eigenvalue weighted by molar-refractivity contribution is -0.128. The van der Waals surface area contributed by atoms with E-state index >= 15 is 0 Å². The molecule has 106 valence electrons. The van der Waals surface area contributed by atoms with Gasteiger partial charge in [0.25, 0.3) is 5.91 Å². The third kappa shape index (κ3) is 4.54. The molecule has 0 aliphatic carbocycles. The van der Waals surface area contributed by atoms with E-state index in [1.807, 2.05) is 18.4 Å². The molecule has 1 aromatic carbocycles. The lowest BCUT2D eigenvalue weighted by atomic mass is 10.2. The summed E-state index contributed by atoms with van der Waals surface area (Å²) < 4.78 is 5.38. The highest BCUT2D eigenvalue weighted by atomic mass is 35.5. The van der Waals surface area contributed by atoms with Crippen molar-refractivity contribution in [3.8, 4) is 0 Å². The van der Waals surface area contributed by atoms with Crippen molar-refractivity contribution >= 4 is 47.4 Å². The molecule has 1 unspecified atom stereocenters. The van der Waals surface area contributed by atoms with E-state index in [4.69, 9.17) is 16.3 Å². The smallest absolute Gasteiger partial charge is 0.254 e. The number of anilines is 1. The fourth-order valence-electron chi connectivity index (χ4n) is 1.70. The van der Waals surface area contributed by atoms with Gasteiger partial charge in [0.2, 0.25) is 0 Å². The van der Waals surface area contributed by atoms with Crippen LogP contribution < -0.4 is 10.6 Å². The number of rotatable bonds is 3. The summed E-state index contributed by atoms with van der Waals surface area (Å²) in [6.07, 6.45) is 1.53. The van der Waals surface area contributed by atoms with Gasteiger partial charge in [-0.25, -0.2) is 0 Å². The SMILES string of the molecule is CSc1ccc(NC(=O)C2CNCCO2)cc1Cl.Cl. The second kappa shape index (κ2) is 7.97. The van der Waals surface area contributed by atoms with Gasteiger partial charge in [-0.3, -0.25) is 4.79 Å². The number of benzene rings is 1. The van der Waals surface area contributed by atoms with Crippen molar-refractivity contribution in [3.63, 3.8) is 0 Å². The van der Waals surface area contributed by atoms with Crippen LogP contribution in [-0.2, 0) is 9.53 Å². The lowest BCUT2D eigenvalue weighted by Crippen LogP contribution is -2.45. The Kier molecular flexibility index (Phi) is 6.96. The first kappa shape index (κ1) is 16.6. The summed E-state index contributed by atoms with van der Waals surface area (Å²) >= 11 is 7.65. The molecule has 2 rings (SSSR count). The average Bonchev–Trinajstić information content (AvgIpc) is 2.40. The Morgan fingerprint density at radius 2 is 2.37 bits per heavy atom. The van der Waals surface area contributed by atoms with Crippen molar-refractivity contribution in [2.75, 3.05) is 31.3 Å². The van der Waals surface area contributed by atoms with Crippen LogP contribution in [0.1, 0.15) is 0 Å². The molecule has 1 aliphatic heterocycles. The van der Waals surface area contributed by atoms with Crippen molar-refractivity contribution in [1.82, 2.24) is 5.32 Å². The number of ether oxygens (including phenoxy) is 1. The first-order valence-electron chi connectivity index (χ1n) is 5.67. The van der Waals surface area contributed by atoms with Gasteiger partial charge in [-0.1, -0.05) is 11.6 Å². The minimum Gasteiger partial charge on any atom is -0.366 e. The minimum atomic E-state index is -0.433. The van der Waals surface area contributed by atoms with Crippen LogP contribution in [-0.4, -0.2) is 38.0 Å². The summed E-state index contributed by atoms with van der Waals surface area (Å²) in [5, 5.41) is 6.56. The number of hydrogen-bond acceptors (Lipinski definition) is 4. The summed E-state index contributed by atoms with van der Waals surface area (Å²) in [5.41, 5.74) is 0.692. The van der Waals surface area contributed by atoms with E-state index in [0.29, 0.717) is 23.9 Å². The predicted octanol–water partition coefficient (Wildman–Crippen LogP) is 2.41. The quantitative estimate of drug-likeness (QED) is 0.839. The van der Waals surface area contributed by atoms with Gasteiger partial charge in [-0.05, 0) is 24.5 Å². The number of morpholine rings is 1. The largest absolute Gasteiger partial charge is 0.366 e. The molecule has 19 heavy (non-hydrogen) atoms. The highest BCUT2D eigenvalue weighted by molar-refractivity contribution is 7.98. The predicted molar refractivity (Wildman–Crippen MR) is 81.7 cm³/mol. The Labute approximate surface area is 128 Å². The molecular formula is C12H16Cl2N2O2S. The molecule has 0 spiro atoms. The molecule has 1 atom stereocenters. The lowest BCUT2D eigenvalue weighted by Gasteiger charge is -2.22. The van der Waals surface area contributed by atoms with Gasteiger partial charge in [0, 0.05) is 23.7 Å². The van der Waals surface area contributed by atoms with Crippen LogP contribution in [0, 0.1) is 0 Å². The van der Waals surface area contributed by atoms with E-state index in [2.05, 4.69) is 10.6 Å². The van der Waals surface area contributed by atoms with Crippen LogP contribution in [0.25, 0.3) is 0 Å². The number of halogens is 2. The molecule has 4 nitrogen and oxygen atoms in total. The maximum atomic E-state index is 11.9. The first-order chi connectivity index (χ1) is 8.70. The van der Waals surface area contributed by atoms with Gasteiger partial charge >= 0.3 is 0 Å². The normalized spacial score (nSPS) is 18.5. The first-order valence-corrected chi connectivity index (χ1v) is 7.27. The van der Waals surface area contributed by atoms with Gasteiger partial charge < -0.3 is 15.4 Å². The number of nitrogens with one attached hydrogen (secondary N) is 2. The van der Waals surface area contributed by atoms with Crippen molar-refractivity contribution in [1.29, 1.82) is 0 Å². The number of thioether (sulfide) groups is 1. The standard InChI is InChI=1S/C12H15ClN2O2S.ClH/c1-18-11-3-2-8(6-9(11)13)15-12(16)10-7-14-4-5-17-10;/h2-3,6,10,14H,4-5,7H2,1H3,(H,15,16);1H. The summed E-state index contributed by atoms with van der Waals surface area (Å²) in [6, 6.07) is 5.48. The van der Waals surface area contributed by atoms with E-state index in [9.17, 15) is 4.79 Å². The Bertz CT molecular complexity index is 440.